The number of ether oxygens (including phenoxy) is 1. The van der Waals surface area contributed by atoms with Crippen LogP contribution in [0.15, 0.2) is 16.6 Å². The highest BCUT2D eigenvalue weighted by atomic mass is 79.9. The molecule has 116 valence electrons. The van der Waals surface area contributed by atoms with Crippen molar-refractivity contribution in [1.29, 1.82) is 0 Å². The minimum atomic E-state index is -0.410. The third-order valence-electron chi connectivity index (χ3n) is 5.07. The van der Waals surface area contributed by atoms with Crippen molar-refractivity contribution in [3.05, 3.63) is 27.7 Å². The molecule has 0 aromatic heterocycles. The van der Waals surface area contributed by atoms with Gasteiger partial charge >= 0.3 is 0 Å². The van der Waals surface area contributed by atoms with Gasteiger partial charge in [-0.3, -0.25) is 0 Å². The van der Waals surface area contributed by atoms with Crippen LogP contribution in [0.5, 0.6) is 5.75 Å². The average Bonchev–Trinajstić information content (AvgIpc) is 3.05. The van der Waals surface area contributed by atoms with E-state index in [4.69, 9.17) is 4.74 Å². The molecule has 1 atom stereocenters. The highest BCUT2D eigenvalue weighted by Crippen LogP contribution is 2.54. The van der Waals surface area contributed by atoms with Gasteiger partial charge in [-0.25, -0.2) is 0 Å². The van der Waals surface area contributed by atoms with Crippen LogP contribution >= 0.6 is 15.9 Å². The summed E-state index contributed by atoms with van der Waals surface area (Å²) in [5, 5.41) is 11.2. The molecule has 2 nitrogen and oxygen atoms in total. The van der Waals surface area contributed by atoms with Gasteiger partial charge in [0.25, 0.3) is 0 Å². The predicted molar refractivity (Wildman–Crippen MR) is 88.7 cm³/mol. The average molecular weight is 353 g/mol. The lowest BCUT2D eigenvalue weighted by Crippen LogP contribution is -2.28. The first-order valence-electron chi connectivity index (χ1n) is 8.15. The van der Waals surface area contributed by atoms with Crippen LogP contribution < -0.4 is 4.74 Å². The first-order chi connectivity index (χ1) is 10.0. The number of halogens is 1. The third kappa shape index (κ3) is 2.87. The lowest BCUT2D eigenvalue weighted by atomic mass is 9.71. The summed E-state index contributed by atoms with van der Waals surface area (Å²) in [6.45, 7) is 5.26. The van der Waals surface area contributed by atoms with Crippen molar-refractivity contribution in [1.82, 2.24) is 0 Å². The van der Waals surface area contributed by atoms with Gasteiger partial charge in [0.2, 0.25) is 0 Å². The van der Waals surface area contributed by atoms with Crippen LogP contribution in [0.4, 0.5) is 0 Å². The molecular weight excluding hydrogens is 328 g/mol. The third-order valence-corrected chi connectivity index (χ3v) is 5.52. The van der Waals surface area contributed by atoms with Crippen molar-refractivity contribution < 1.29 is 9.84 Å². The molecule has 1 N–H and O–H groups in total. The lowest BCUT2D eigenvalue weighted by Gasteiger charge is -2.36. The number of hydrogen-bond acceptors (Lipinski definition) is 2. The smallest absolute Gasteiger partial charge is 0.128 e. The van der Waals surface area contributed by atoms with Crippen molar-refractivity contribution in [2.24, 2.45) is 11.3 Å². The maximum absolute atomic E-state index is 11.2. The van der Waals surface area contributed by atoms with Crippen LogP contribution in [0.3, 0.4) is 0 Å². The second-order valence-electron chi connectivity index (χ2n) is 7.15. The van der Waals surface area contributed by atoms with Gasteiger partial charge in [-0.05, 0) is 42.9 Å². The van der Waals surface area contributed by atoms with Gasteiger partial charge in [-0.2, -0.15) is 0 Å². The largest absolute Gasteiger partial charge is 0.493 e. The molecule has 1 aliphatic heterocycles. The molecule has 2 aliphatic rings. The Bertz CT molecular complexity index is 518. The highest BCUT2D eigenvalue weighted by molar-refractivity contribution is 9.10. The fourth-order valence-corrected chi connectivity index (χ4v) is 4.84. The normalized spacial score (nSPS) is 21.4. The summed E-state index contributed by atoms with van der Waals surface area (Å²) in [5.41, 5.74) is 2.27. The topological polar surface area (TPSA) is 29.5 Å². The molecule has 3 heteroatoms. The van der Waals surface area contributed by atoms with Crippen LogP contribution in [0, 0.1) is 11.3 Å². The number of benzene rings is 1. The Labute approximate surface area is 136 Å². The van der Waals surface area contributed by atoms with Crippen LogP contribution in [0.1, 0.15) is 63.2 Å². The molecule has 1 aliphatic carbocycles. The summed E-state index contributed by atoms with van der Waals surface area (Å²) in [6.07, 6.45) is 6.37. The molecule has 1 unspecified atom stereocenters. The lowest BCUT2D eigenvalue weighted by molar-refractivity contribution is 0.00957. The summed E-state index contributed by atoms with van der Waals surface area (Å²) >= 11 is 3.59. The summed E-state index contributed by atoms with van der Waals surface area (Å²) < 4.78 is 6.89. The van der Waals surface area contributed by atoms with Crippen LogP contribution in [-0.4, -0.2) is 11.7 Å². The molecule has 3 rings (SSSR count). The number of aliphatic hydroxyl groups is 1. The van der Waals surface area contributed by atoms with Gasteiger partial charge in [0.05, 0.1) is 12.7 Å². The minimum absolute atomic E-state index is 0.0364. The van der Waals surface area contributed by atoms with Crippen molar-refractivity contribution in [2.75, 3.05) is 6.61 Å². The standard InChI is InChI=1S/C18H25BrO2/c1-12(2)11-18(6-3-4-7-18)17(20)15-10-14(19)9-13-5-8-21-16(13)15/h9-10,12,17,20H,3-8,11H2,1-2H3. The monoisotopic (exact) mass is 352 g/mol. The number of fused-ring (bicyclic) bond motifs is 1. The van der Waals surface area contributed by atoms with Crippen molar-refractivity contribution in [3.63, 3.8) is 0 Å². The highest BCUT2D eigenvalue weighted by Gasteiger charge is 2.43. The van der Waals surface area contributed by atoms with E-state index in [1.54, 1.807) is 0 Å². The maximum atomic E-state index is 11.2. The SMILES string of the molecule is CC(C)CC1(C(O)c2cc(Br)cc3c2OCC3)CCCC1. The van der Waals surface area contributed by atoms with Gasteiger partial charge in [0, 0.05) is 21.9 Å². The molecule has 0 bridgehead atoms. The molecule has 1 aromatic rings. The molecule has 1 saturated carbocycles. The summed E-state index contributed by atoms with van der Waals surface area (Å²) in [4.78, 5) is 0. The van der Waals surface area contributed by atoms with E-state index in [1.807, 2.05) is 0 Å². The second kappa shape index (κ2) is 5.92. The molecule has 0 amide bonds. The Morgan fingerprint density at radius 2 is 2.00 bits per heavy atom. The molecular formula is C18H25BrO2. The van der Waals surface area contributed by atoms with E-state index in [0.29, 0.717) is 5.92 Å². The van der Waals surface area contributed by atoms with E-state index in [1.165, 1.54) is 18.4 Å². The first-order valence-corrected chi connectivity index (χ1v) is 8.94. The van der Waals surface area contributed by atoms with E-state index in [9.17, 15) is 5.11 Å². The van der Waals surface area contributed by atoms with Crippen LogP contribution in [0.2, 0.25) is 0 Å². The quantitative estimate of drug-likeness (QED) is 0.823. The molecule has 0 spiro atoms. The maximum Gasteiger partial charge on any atom is 0.128 e. The van der Waals surface area contributed by atoms with Crippen molar-refractivity contribution in [3.8, 4) is 5.75 Å². The van der Waals surface area contributed by atoms with Crippen LogP contribution in [-0.2, 0) is 6.42 Å². The fraction of sp³-hybridized carbons (Fsp3) is 0.667. The van der Waals surface area contributed by atoms with Gasteiger partial charge in [0.15, 0.2) is 0 Å². The predicted octanol–water partition coefficient (Wildman–Crippen LogP) is 5.02. The van der Waals surface area contributed by atoms with E-state index in [-0.39, 0.29) is 5.41 Å². The zero-order chi connectivity index (χ0) is 15.0. The van der Waals surface area contributed by atoms with Gasteiger partial charge in [-0.15, -0.1) is 0 Å². The molecule has 21 heavy (non-hydrogen) atoms. The van der Waals surface area contributed by atoms with Crippen molar-refractivity contribution in [2.45, 2.75) is 58.5 Å². The summed E-state index contributed by atoms with van der Waals surface area (Å²) in [6, 6.07) is 4.19. The van der Waals surface area contributed by atoms with E-state index < -0.39 is 6.10 Å². The molecule has 1 fully saturated rings. The summed E-state index contributed by atoms with van der Waals surface area (Å²) in [7, 11) is 0. The second-order valence-corrected chi connectivity index (χ2v) is 8.07. The Morgan fingerprint density at radius 3 is 2.67 bits per heavy atom. The Kier molecular flexibility index (Phi) is 4.33. The van der Waals surface area contributed by atoms with E-state index in [2.05, 4.69) is 41.9 Å². The van der Waals surface area contributed by atoms with Crippen LogP contribution in [0.25, 0.3) is 0 Å². The molecule has 0 saturated heterocycles. The fourth-order valence-electron chi connectivity index (χ4n) is 4.31. The minimum Gasteiger partial charge on any atom is -0.493 e. The van der Waals surface area contributed by atoms with E-state index in [0.717, 1.165) is 48.1 Å². The van der Waals surface area contributed by atoms with Gasteiger partial charge in [0.1, 0.15) is 5.75 Å². The number of aliphatic hydroxyl groups excluding tert-OH is 1. The zero-order valence-corrected chi connectivity index (χ0v) is 14.6. The van der Waals surface area contributed by atoms with Gasteiger partial charge in [-0.1, -0.05) is 42.6 Å². The van der Waals surface area contributed by atoms with Gasteiger partial charge < -0.3 is 9.84 Å². The Balaban J connectivity index is 1.99. The first kappa shape index (κ1) is 15.4. The summed E-state index contributed by atoms with van der Waals surface area (Å²) in [5.74, 6) is 1.56. The molecule has 1 aromatic carbocycles. The number of rotatable bonds is 4. The van der Waals surface area contributed by atoms with E-state index >= 15 is 0 Å². The zero-order valence-electron chi connectivity index (χ0n) is 13.0. The Hall–Kier alpha value is -0.540. The molecule has 0 radical (unpaired) electrons. The molecule has 1 heterocycles. The Morgan fingerprint density at radius 1 is 1.29 bits per heavy atom. The number of hydrogen-bond donors (Lipinski definition) is 1. The van der Waals surface area contributed by atoms with Crippen molar-refractivity contribution >= 4 is 15.9 Å².